The Bertz CT molecular complexity index is 432. The van der Waals surface area contributed by atoms with E-state index < -0.39 is 15.7 Å². The lowest BCUT2D eigenvalue weighted by Gasteiger charge is -2.35. The second-order valence-electron chi connectivity index (χ2n) is 6.51. The van der Waals surface area contributed by atoms with Crippen LogP contribution in [0.4, 0.5) is 4.79 Å². The molecule has 0 aliphatic heterocycles. The number of ether oxygens (including phenoxy) is 1. The molecule has 1 saturated carbocycles. The van der Waals surface area contributed by atoms with Crippen LogP contribution in [0.1, 0.15) is 46.5 Å². The van der Waals surface area contributed by atoms with Gasteiger partial charge in [-0.15, -0.1) is 0 Å². The summed E-state index contributed by atoms with van der Waals surface area (Å²) in [7, 11) is -2.20. The fourth-order valence-electron chi connectivity index (χ4n) is 2.48. The Balaban J connectivity index is 2.47. The van der Waals surface area contributed by atoms with E-state index >= 15 is 0 Å². The van der Waals surface area contributed by atoms with Crippen molar-refractivity contribution < 1.29 is 22.5 Å². The van der Waals surface area contributed by atoms with Crippen LogP contribution in [-0.4, -0.2) is 48.4 Å². The summed E-state index contributed by atoms with van der Waals surface area (Å²) in [6, 6.07) is 0.0718. The van der Waals surface area contributed by atoms with Crippen molar-refractivity contribution in [3.63, 3.8) is 0 Å². The Morgan fingerprint density at radius 2 is 1.75 bits per heavy atom. The van der Waals surface area contributed by atoms with Crippen molar-refractivity contribution in [1.29, 1.82) is 0 Å². The standard InChI is InChI=1S/C13H25NO5S/c1-13(2,3)19-12(15)14(4)11-7-5-10(6-8-11)9-20(16,17)18/h10-11H,5-9H2,1-4H3,(H,16,17,18). The minimum Gasteiger partial charge on any atom is -0.444 e. The third kappa shape index (κ3) is 6.09. The van der Waals surface area contributed by atoms with E-state index in [0.717, 1.165) is 12.8 Å². The molecule has 1 fully saturated rings. The van der Waals surface area contributed by atoms with Gasteiger partial charge < -0.3 is 9.64 Å². The molecule has 20 heavy (non-hydrogen) atoms. The van der Waals surface area contributed by atoms with Gasteiger partial charge in [0, 0.05) is 13.1 Å². The summed E-state index contributed by atoms with van der Waals surface area (Å²) in [4.78, 5) is 13.5. The van der Waals surface area contributed by atoms with Crippen molar-refractivity contribution in [2.75, 3.05) is 12.8 Å². The average Bonchev–Trinajstić information content (AvgIpc) is 2.24. The molecule has 1 aliphatic rings. The second-order valence-corrected chi connectivity index (χ2v) is 8.01. The molecule has 0 saturated heterocycles. The molecule has 0 aromatic heterocycles. The van der Waals surface area contributed by atoms with Crippen molar-refractivity contribution in [2.24, 2.45) is 5.92 Å². The van der Waals surface area contributed by atoms with Crippen LogP contribution in [-0.2, 0) is 14.9 Å². The van der Waals surface area contributed by atoms with Gasteiger partial charge in [-0.05, 0) is 52.4 Å². The molecule has 0 atom stereocenters. The van der Waals surface area contributed by atoms with Crippen LogP contribution in [0, 0.1) is 5.92 Å². The van der Waals surface area contributed by atoms with Gasteiger partial charge in [-0.25, -0.2) is 4.79 Å². The third-order valence-electron chi connectivity index (χ3n) is 3.49. The smallest absolute Gasteiger partial charge is 0.410 e. The van der Waals surface area contributed by atoms with E-state index in [1.165, 1.54) is 0 Å². The van der Waals surface area contributed by atoms with Crippen molar-refractivity contribution in [3.05, 3.63) is 0 Å². The highest BCUT2D eigenvalue weighted by atomic mass is 32.2. The van der Waals surface area contributed by atoms with Crippen LogP contribution in [0.5, 0.6) is 0 Å². The molecule has 0 bridgehead atoms. The van der Waals surface area contributed by atoms with Gasteiger partial charge in [0.2, 0.25) is 0 Å². The van der Waals surface area contributed by atoms with Crippen LogP contribution < -0.4 is 0 Å². The molecule has 1 N–H and O–H groups in total. The van der Waals surface area contributed by atoms with Gasteiger partial charge >= 0.3 is 6.09 Å². The lowest BCUT2D eigenvalue weighted by molar-refractivity contribution is 0.0175. The first-order valence-electron chi connectivity index (χ1n) is 6.89. The number of hydrogen-bond acceptors (Lipinski definition) is 4. The summed E-state index contributed by atoms with van der Waals surface area (Å²) < 4.78 is 35.9. The minimum absolute atomic E-state index is 0.0201. The molecule has 0 unspecified atom stereocenters. The van der Waals surface area contributed by atoms with Crippen molar-refractivity contribution in [1.82, 2.24) is 4.90 Å². The molecule has 1 amide bonds. The third-order valence-corrected chi connectivity index (χ3v) is 4.38. The first-order chi connectivity index (χ1) is 8.98. The first-order valence-corrected chi connectivity index (χ1v) is 8.50. The quantitative estimate of drug-likeness (QED) is 0.809. The maximum Gasteiger partial charge on any atom is 0.410 e. The molecule has 0 aromatic carbocycles. The van der Waals surface area contributed by atoms with Gasteiger partial charge in [0.1, 0.15) is 5.60 Å². The van der Waals surface area contributed by atoms with Crippen LogP contribution >= 0.6 is 0 Å². The maximum absolute atomic E-state index is 11.9. The molecule has 6 nitrogen and oxygen atoms in total. The van der Waals surface area contributed by atoms with Crippen molar-refractivity contribution in [3.8, 4) is 0 Å². The predicted molar refractivity (Wildman–Crippen MR) is 76.2 cm³/mol. The highest BCUT2D eigenvalue weighted by Gasteiger charge is 2.30. The van der Waals surface area contributed by atoms with Crippen molar-refractivity contribution in [2.45, 2.75) is 58.1 Å². The Morgan fingerprint density at radius 1 is 1.25 bits per heavy atom. The fourth-order valence-corrected chi connectivity index (χ4v) is 3.41. The molecule has 0 heterocycles. The number of rotatable bonds is 3. The molecule has 0 aromatic rings. The second kappa shape index (κ2) is 6.30. The summed E-state index contributed by atoms with van der Waals surface area (Å²) in [5.74, 6) is -0.205. The number of carbonyl (C=O) groups is 1. The summed E-state index contributed by atoms with van der Waals surface area (Å²) in [5.41, 5.74) is -0.520. The van der Waals surface area contributed by atoms with Gasteiger partial charge in [-0.1, -0.05) is 0 Å². The largest absolute Gasteiger partial charge is 0.444 e. The predicted octanol–water partition coefficient (Wildman–Crippen LogP) is 2.30. The van der Waals surface area contributed by atoms with E-state index in [1.54, 1.807) is 11.9 Å². The topological polar surface area (TPSA) is 83.9 Å². The summed E-state index contributed by atoms with van der Waals surface area (Å²) in [6.07, 6.45) is 2.50. The molecule has 0 spiro atoms. The van der Waals surface area contributed by atoms with E-state index in [2.05, 4.69) is 0 Å². The van der Waals surface area contributed by atoms with Gasteiger partial charge in [-0.3, -0.25) is 4.55 Å². The number of nitrogens with zero attached hydrogens (tertiary/aromatic N) is 1. The SMILES string of the molecule is CN(C(=O)OC(C)(C)C)C1CCC(CS(=O)(=O)O)CC1. The van der Waals surface area contributed by atoms with Crippen LogP contribution in [0.25, 0.3) is 0 Å². The lowest BCUT2D eigenvalue weighted by atomic mass is 9.87. The zero-order valence-corrected chi connectivity index (χ0v) is 13.4. The molecular weight excluding hydrogens is 282 g/mol. The number of hydrogen-bond donors (Lipinski definition) is 1. The summed E-state index contributed by atoms with van der Waals surface area (Å²) >= 11 is 0. The van der Waals surface area contributed by atoms with Crippen LogP contribution in [0.2, 0.25) is 0 Å². The fraction of sp³-hybridized carbons (Fsp3) is 0.923. The van der Waals surface area contributed by atoms with E-state index in [4.69, 9.17) is 9.29 Å². The van der Waals surface area contributed by atoms with Crippen LogP contribution in [0.3, 0.4) is 0 Å². The number of amides is 1. The minimum atomic E-state index is -3.91. The van der Waals surface area contributed by atoms with Gasteiger partial charge in [0.15, 0.2) is 0 Å². The molecule has 1 aliphatic carbocycles. The summed E-state index contributed by atoms with van der Waals surface area (Å²) in [6.45, 7) is 5.46. The summed E-state index contributed by atoms with van der Waals surface area (Å²) in [5, 5.41) is 0. The molecule has 7 heteroatoms. The molecular formula is C13H25NO5S. The van der Waals surface area contributed by atoms with E-state index in [-0.39, 0.29) is 23.8 Å². The molecule has 0 radical (unpaired) electrons. The maximum atomic E-state index is 11.9. The Hall–Kier alpha value is -0.820. The zero-order chi connectivity index (χ0) is 15.6. The Kier molecular flexibility index (Phi) is 5.43. The van der Waals surface area contributed by atoms with E-state index in [0.29, 0.717) is 12.8 Å². The van der Waals surface area contributed by atoms with Crippen molar-refractivity contribution >= 4 is 16.2 Å². The normalized spacial score (nSPS) is 24.2. The van der Waals surface area contributed by atoms with Gasteiger partial charge in [0.25, 0.3) is 10.1 Å². The lowest BCUT2D eigenvalue weighted by Crippen LogP contribution is -2.42. The van der Waals surface area contributed by atoms with E-state index in [1.807, 2.05) is 20.8 Å². The molecule has 1 rings (SSSR count). The van der Waals surface area contributed by atoms with Gasteiger partial charge in [0.05, 0.1) is 5.75 Å². The Morgan fingerprint density at radius 3 is 2.15 bits per heavy atom. The van der Waals surface area contributed by atoms with Gasteiger partial charge in [-0.2, -0.15) is 8.42 Å². The number of carbonyl (C=O) groups excluding carboxylic acids is 1. The van der Waals surface area contributed by atoms with Crippen LogP contribution in [0.15, 0.2) is 0 Å². The first kappa shape index (κ1) is 17.2. The highest BCUT2D eigenvalue weighted by Crippen LogP contribution is 2.28. The zero-order valence-electron chi connectivity index (χ0n) is 12.6. The monoisotopic (exact) mass is 307 g/mol. The van der Waals surface area contributed by atoms with E-state index in [9.17, 15) is 13.2 Å². The molecule has 118 valence electrons. The Labute approximate surface area is 121 Å². The average molecular weight is 307 g/mol. The highest BCUT2D eigenvalue weighted by molar-refractivity contribution is 7.85.